The zero-order valence-corrected chi connectivity index (χ0v) is 16.9. The SMILES string of the molecule is COc1ccnc(CN2C[C@@H]3C[C@H](C2)c2cc(-c4cc(N)ncn4)cc(=O)n2C3)c1. The third-order valence-electron chi connectivity index (χ3n) is 6.03. The van der Waals surface area contributed by atoms with E-state index in [2.05, 4.69) is 25.9 Å². The van der Waals surface area contributed by atoms with Gasteiger partial charge in [0, 0.05) is 67.8 Å². The molecule has 0 radical (unpaired) electrons. The lowest BCUT2D eigenvalue weighted by atomic mass is 9.82. The highest BCUT2D eigenvalue weighted by Crippen LogP contribution is 2.37. The predicted octanol–water partition coefficient (Wildman–Crippen LogP) is 1.91. The summed E-state index contributed by atoms with van der Waals surface area (Å²) in [5.74, 6) is 1.98. The first-order chi connectivity index (χ1) is 14.6. The minimum atomic E-state index is 0.0253. The smallest absolute Gasteiger partial charge is 0.251 e. The molecule has 0 amide bonds. The predicted molar refractivity (Wildman–Crippen MR) is 113 cm³/mol. The van der Waals surface area contributed by atoms with Crippen LogP contribution in [0.1, 0.15) is 23.7 Å². The van der Waals surface area contributed by atoms with Crippen molar-refractivity contribution < 1.29 is 4.74 Å². The molecule has 0 unspecified atom stereocenters. The summed E-state index contributed by atoms with van der Waals surface area (Å²) in [6.07, 6.45) is 4.31. The molecule has 3 aromatic rings. The first-order valence-corrected chi connectivity index (χ1v) is 10.1. The summed E-state index contributed by atoms with van der Waals surface area (Å²) in [7, 11) is 1.67. The summed E-state index contributed by atoms with van der Waals surface area (Å²) in [6.45, 7) is 3.38. The minimum Gasteiger partial charge on any atom is -0.497 e. The zero-order valence-electron chi connectivity index (χ0n) is 16.9. The van der Waals surface area contributed by atoms with E-state index in [0.717, 1.165) is 55.3 Å². The van der Waals surface area contributed by atoms with Crippen molar-refractivity contribution in [3.05, 3.63) is 64.6 Å². The summed E-state index contributed by atoms with van der Waals surface area (Å²) in [5, 5.41) is 0. The van der Waals surface area contributed by atoms with E-state index in [0.29, 0.717) is 23.3 Å². The molecule has 3 aromatic heterocycles. The van der Waals surface area contributed by atoms with Crippen molar-refractivity contribution in [3.63, 3.8) is 0 Å². The number of piperidine rings is 1. The molecule has 8 heteroatoms. The third kappa shape index (κ3) is 3.54. The largest absolute Gasteiger partial charge is 0.497 e. The molecule has 0 saturated carbocycles. The zero-order chi connectivity index (χ0) is 20.7. The molecule has 2 atom stereocenters. The van der Waals surface area contributed by atoms with Crippen LogP contribution >= 0.6 is 0 Å². The maximum Gasteiger partial charge on any atom is 0.251 e. The Morgan fingerprint density at radius 2 is 2.03 bits per heavy atom. The van der Waals surface area contributed by atoms with Crippen LogP contribution < -0.4 is 16.0 Å². The number of hydrogen-bond donors (Lipinski definition) is 1. The molecular weight excluding hydrogens is 380 g/mol. The van der Waals surface area contributed by atoms with Gasteiger partial charge in [-0.05, 0) is 24.5 Å². The lowest BCUT2D eigenvalue weighted by Gasteiger charge is -2.42. The maximum atomic E-state index is 12.9. The number of nitrogen functional groups attached to an aromatic ring is 1. The number of fused-ring (bicyclic) bond motifs is 4. The molecule has 2 bridgehead atoms. The molecule has 5 rings (SSSR count). The monoisotopic (exact) mass is 404 g/mol. The second-order valence-corrected chi connectivity index (χ2v) is 8.13. The molecule has 0 aliphatic carbocycles. The fourth-order valence-electron chi connectivity index (χ4n) is 4.76. The number of ether oxygens (including phenoxy) is 1. The van der Waals surface area contributed by atoms with Crippen LogP contribution in [0.5, 0.6) is 5.75 Å². The van der Waals surface area contributed by atoms with Gasteiger partial charge in [0.2, 0.25) is 0 Å². The van der Waals surface area contributed by atoms with Gasteiger partial charge in [-0.3, -0.25) is 14.7 Å². The highest BCUT2D eigenvalue weighted by molar-refractivity contribution is 5.61. The van der Waals surface area contributed by atoms with Gasteiger partial charge in [-0.15, -0.1) is 0 Å². The summed E-state index contributed by atoms with van der Waals surface area (Å²) < 4.78 is 7.26. The average Bonchev–Trinajstić information content (AvgIpc) is 2.74. The molecule has 154 valence electrons. The molecule has 1 fully saturated rings. The van der Waals surface area contributed by atoms with Crippen LogP contribution in [0.25, 0.3) is 11.3 Å². The first kappa shape index (κ1) is 18.7. The second-order valence-electron chi connectivity index (χ2n) is 8.13. The van der Waals surface area contributed by atoms with Crippen LogP contribution in [0.15, 0.2) is 47.7 Å². The highest BCUT2D eigenvalue weighted by atomic mass is 16.5. The van der Waals surface area contributed by atoms with Crippen molar-refractivity contribution in [2.75, 3.05) is 25.9 Å². The van der Waals surface area contributed by atoms with Gasteiger partial charge in [-0.25, -0.2) is 9.97 Å². The quantitative estimate of drug-likeness (QED) is 0.709. The van der Waals surface area contributed by atoms with Crippen molar-refractivity contribution in [2.45, 2.75) is 25.4 Å². The van der Waals surface area contributed by atoms with Crippen LogP contribution in [0.4, 0.5) is 5.82 Å². The van der Waals surface area contributed by atoms with Gasteiger partial charge < -0.3 is 15.0 Å². The number of anilines is 1. The van der Waals surface area contributed by atoms with Crippen LogP contribution in [0.2, 0.25) is 0 Å². The number of hydrogen-bond acceptors (Lipinski definition) is 7. The third-order valence-corrected chi connectivity index (χ3v) is 6.03. The Bertz CT molecular complexity index is 1140. The molecule has 2 aliphatic rings. The van der Waals surface area contributed by atoms with Gasteiger partial charge in [0.1, 0.15) is 17.9 Å². The van der Waals surface area contributed by atoms with Gasteiger partial charge in [0.15, 0.2) is 0 Å². The van der Waals surface area contributed by atoms with Crippen LogP contribution in [-0.4, -0.2) is 44.6 Å². The Kier molecular flexibility index (Phi) is 4.71. The van der Waals surface area contributed by atoms with Crippen LogP contribution in [-0.2, 0) is 13.1 Å². The van der Waals surface area contributed by atoms with Gasteiger partial charge in [-0.2, -0.15) is 0 Å². The molecule has 30 heavy (non-hydrogen) atoms. The van der Waals surface area contributed by atoms with Crippen molar-refractivity contribution in [3.8, 4) is 17.0 Å². The first-order valence-electron chi connectivity index (χ1n) is 10.1. The van der Waals surface area contributed by atoms with Gasteiger partial charge in [0.05, 0.1) is 18.5 Å². The normalized spacial score (nSPS) is 20.6. The lowest BCUT2D eigenvalue weighted by Crippen LogP contribution is -2.46. The number of methoxy groups -OCH3 is 1. The maximum absolute atomic E-state index is 12.9. The van der Waals surface area contributed by atoms with Gasteiger partial charge >= 0.3 is 0 Å². The van der Waals surface area contributed by atoms with Crippen molar-refractivity contribution in [2.24, 2.45) is 5.92 Å². The summed E-state index contributed by atoms with van der Waals surface area (Å²) in [4.78, 5) is 28.0. The van der Waals surface area contributed by atoms with E-state index in [1.54, 1.807) is 25.4 Å². The van der Waals surface area contributed by atoms with Crippen molar-refractivity contribution in [1.82, 2.24) is 24.4 Å². The molecule has 0 spiro atoms. The van der Waals surface area contributed by atoms with E-state index in [1.807, 2.05) is 16.7 Å². The average molecular weight is 404 g/mol. The van der Waals surface area contributed by atoms with E-state index in [-0.39, 0.29) is 5.56 Å². The van der Waals surface area contributed by atoms with Crippen molar-refractivity contribution in [1.29, 1.82) is 0 Å². The fourth-order valence-corrected chi connectivity index (χ4v) is 4.76. The summed E-state index contributed by atoms with van der Waals surface area (Å²) in [6, 6.07) is 9.31. The van der Waals surface area contributed by atoms with Gasteiger partial charge in [0.25, 0.3) is 5.56 Å². The lowest BCUT2D eigenvalue weighted by molar-refractivity contribution is 0.113. The van der Waals surface area contributed by atoms with E-state index < -0.39 is 0 Å². The Morgan fingerprint density at radius 1 is 1.13 bits per heavy atom. The molecule has 1 saturated heterocycles. The molecule has 2 N–H and O–H groups in total. The second kappa shape index (κ2) is 7.53. The molecule has 2 aliphatic heterocycles. The molecule has 5 heterocycles. The highest BCUT2D eigenvalue weighted by Gasteiger charge is 2.35. The molecular formula is C22H24N6O2. The molecule has 8 nitrogen and oxygen atoms in total. The Balaban J connectivity index is 1.44. The minimum absolute atomic E-state index is 0.0253. The standard InChI is InChI=1S/C22H24N6O2/c1-30-18-2-3-24-17(7-18)12-27-9-14-4-16(11-27)20-5-15(6-22(29)28(20)10-14)19-8-21(23)26-13-25-19/h2-3,5-8,13-14,16H,4,9-12H2,1H3,(H2,23,25,26)/t14-,16+/m0/s1. The Labute approximate surface area is 174 Å². The number of nitrogens with two attached hydrogens (primary N) is 1. The summed E-state index contributed by atoms with van der Waals surface area (Å²) in [5.41, 5.74) is 9.38. The van der Waals surface area contributed by atoms with Gasteiger partial charge in [-0.1, -0.05) is 0 Å². The molecule has 0 aromatic carbocycles. The fraction of sp³-hybridized carbons (Fsp3) is 0.364. The van der Waals surface area contributed by atoms with E-state index in [9.17, 15) is 4.79 Å². The van der Waals surface area contributed by atoms with Crippen LogP contribution in [0.3, 0.4) is 0 Å². The topological polar surface area (TPSA) is 99.2 Å². The number of rotatable bonds is 4. The number of aromatic nitrogens is 4. The Morgan fingerprint density at radius 3 is 2.87 bits per heavy atom. The number of pyridine rings is 2. The van der Waals surface area contributed by atoms with E-state index >= 15 is 0 Å². The number of likely N-dealkylation sites (tertiary alicyclic amines) is 1. The summed E-state index contributed by atoms with van der Waals surface area (Å²) >= 11 is 0. The Hall–Kier alpha value is -3.26. The van der Waals surface area contributed by atoms with E-state index in [1.165, 1.54) is 6.33 Å². The van der Waals surface area contributed by atoms with Crippen molar-refractivity contribution >= 4 is 5.82 Å². The van der Waals surface area contributed by atoms with E-state index in [4.69, 9.17) is 10.5 Å². The van der Waals surface area contributed by atoms with Crippen LogP contribution in [0, 0.1) is 5.92 Å². The number of nitrogens with zero attached hydrogens (tertiary/aromatic N) is 5.